The van der Waals surface area contributed by atoms with Crippen LogP contribution in [0.25, 0.3) is 0 Å². The Labute approximate surface area is 179 Å². The Balaban J connectivity index is 1.48. The lowest BCUT2D eigenvalue weighted by Crippen LogP contribution is -2.28. The molecule has 7 heteroatoms. The fraction of sp³-hybridized carbons (Fsp3) is 0.130. The molecule has 0 bridgehead atoms. The van der Waals surface area contributed by atoms with E-state index in [4.69, 9.17) is 21.1 Å². The van der Waals surface area contributed by atoms with Gasteiger partial charge in [0.25, 0.3) is 11.8 Å². The van der Waals surface area contributed by atoms with Crippen molar-refractivity contribution in [2.24, 2.45) is 0 Å². The normalized spacial score (nSPS) is 10.2. The number of ether oxygens (including phenoxy) is 2. The van der Waals surface area contributed by atoms with E-state index in [1.54, 1.807) is 42.5 Å². The number of carbonyl (C=O) groups excluding carboxylic acids is 2. The third-order valence-corrected chi connectivity index (χ3v) is 4.52. The van der Waals surface area contributed by atoms with Gasteiger partial charge in [0.05, 0.1) is 12.1 Å². The van der Waals surface area contributed by atoms with Gasteiger partial charge in [0.1, 0.15) is 11.5 Å². The van der Waals surface area contributed by atoms with Crippen molar-refractivity contribution >= 4 is 29.1 Å². The first-order valence-corrected chi connectivity index (χ1v) is 9.61. The van der Waals surface area contributed by atoms with Crippen LogP contribution in [0.1, 0.15) is 15.9 Å². The number of hydrogen-bond donors (Lipinski definition) is 2. The van der Waals surface area contributed by atoms with Gasteiger partial charge in [-0.2, -0.15) is 0 Å². The second-order valence-electron chi connectivity index (χ2n) is 6.38. The number of hydrogen-bond acceptors (Lipinski definition) is 4. The van der Waals surface area contributed by atoms with Gasteiger partial charge in [-0.3, -0.25) is 9.59 Å². The van der Waals surface area contributed by atoms with Crippen LogP contribution < -0.4 is 20.1 Å². The lowest BCUT2D eigenvalue weighted by atomic mass is 10.2. The molecule has 3 aromatic rings. The molecule has 30 heavy (non-hydrogen) atoms. The second-order valence-corrected chi connectivity index (χ2v) is 6.79. The maximum atomic E-state index is 12.4. The summed E-state index contributed by atoms with van der Waals surface area (Å²) in [5.41, 5.74) is 2.02. The Morgan fingerprint density at radius 3 is 2.37 bits per heavy atom. The molecule has 2 N–H and O–H groups in total. The Morgan fingerprint density at radius 2 is 1.70 bits per heavy atom. The summed E-state index contributed by atoms with van der Waals surface area (Å²) < 4.78 is 10.6. The highest BCUT2D eigenvalue weighted by Crippen LogP contribution is 2.27. The van der Waals surface area contributed by atoms with Crippen LogP contribution in [0.4, 0.5) is 5.69 Å². The van der Waals surface area contributed by atoms with Crippen LogP contribution >= 0.6 is 11.6 Å². The van der Waals surface area contributed by atoms with Crippen LogP contribution in [0.15, 0.2) is 72.8 Å². The third-order valence-electron chi connectivity index (χ3n) is 4.23. The number of methoxy groups -OCH3 is 1. The number of anilines is 1. The first kappa shape index (κ1) is 21.2. The Bertz CT molecular complexity index is 1010. The fourth-order valence-corrected chi connectivity index (χ4v) is 2.90. The summed E-state index contributed by atoms with van der Waals surface area (Å²) in [6.45, 7) is 0.334. The molecule has 6 nitrogen and oxygen atoms in total. The van der Waals surface area contributed by atoms with E-state index >= 15 is 0 Å². The van der Waals surface area contributed by atoms with Gasteiger partial charge in [-0.25, -0.2) is 0 Å². The van der Waals surface area contributed by atoms with E-state index < -0.39 is 0 Å². The van der Waals surface area contributed by atoms with Crippen molar-refractivity contribution in [2.45, 2.75) is 6.54 Å². The summed E-state index contributed by atoms with van der Waals surface area (Å²) in [6, 6.07) is 21.1. The van der Waals surface area contributed by atoms with Gasteiger partial charge in [0.2, 0.25) is 0 Å². The third kappa shape index (κ3) is 5.99. The van der Waals surface area contributed by atoms with Gasteiger partial charge >= 0.3 is 0 Å². The van der Waals surface area contributed by atoms with Crippen molar-refractivity contribution in [3.63, 3.8) is 0 Å². The zero-order valence-corrected chi connectivity index (χ0v) is 17.1. The molecule has 154 valence electrons. The van der Waals surface area contributed by atoms with E-state index in [0.29, 0.717) is 34.3 Å². The molecule has 0 saturated heterocycles. The van der Waals surface area contributed by atoms with Crippen molar-refractivity contribution in [3.8, 4) is 11.5 Å². The van der Waals surface area contributed by atoms with E-state index in [-0.39, 0.29) is 18.4 Å². The van der Waals surface area contributed by atoms with Crippen LogP contribution in [-0.4, -0.2) is 25.5 Å². The quantitative estimate of drug-likeness (QED) is 0.565. The van der Waals surface area contributed by atoms with Crippen LogP contribution in [0.5, 0.6) is 11.5 Å². The summed E-state index contributed by atoms with van der Waals surface area (Å²) in [5, 5.41) is 5.97. The molecule has 0 aliphatic carbocycles. The zero-order chi connectivity index (χ0) is 21.3. The monoisotopic (exact) mass is 424 g/mol. The molecule has 0 unspecified atom stereocenters. The highest BCUT2D eigenvalue weighted by Gasteiger charge is 2.09. The molecule has 3 aromatic carbocycles. The van der Waals surface area contributed by atoms with E-state index in [1.165, 1.54) is 7.11 Å². The summed E-state index contributed by atoms with van der Waals surface area (Å²) >= 11 is 6.07. The summed E-state index contributed by atoms with van der Waals surface area (Å²) in [4.78, 5) is 24.3. The molecule has 0 aliphatic rings. The van der Waals surface area contributed by atoms with Gasteiger partial charge in [-0.15, -0.1) is 0 Å². The molecule has 0 aliphatic heterocycles. The number of amides is 2. The topological polar surface area (TPSA) is 76.7 Å². The number of benzene rings is 3. The summed E-state index contributed by atoms with van der Waals surface area (Å²) in [6.07, 6.45) is 0. The zero-order valence-electron chi connectivity index (χ0n) is 16.4. The van der Waals surface area contributed by atoms with Crippen LogP contribution in [-0.2, 0) is 11.3 Å². The Morgan fingerprint density at radius 1 is 0.967 bits per heavy atom. The minimum Gasteiger partial charge on any atom is -0.495 e. The second kappa shape index (κ2) is 10.3. The van der Waals surface area contributed by atoms with Crippen molar-refractivity contribution in [2.75, 3.05) is 19.0 Å². The average molecular weight is 425 g/mol. The molecule has 0 spiro atoms. The van der Waals surface area contributed by atoms with Gasteiger partial charge < -0.3 is 20.1 Å². The molecule has 0 heterocycles. The highest BCUT2D eigenvalue weighted by molar-refractivity contribution is 6.32. The number of rotatable bonds is 8. The first-order valence-electron chi connectivity index (χ1n) is 9.23. The maximum Gasteiger partial charge on any atom is 0.258 e. The number of carbonyl (C=O) groups is 2. The minimum atomic E-state index is -0.289. The molecule has 2 amide bonds. The molecular weight excluding hydrogens is 404 g/mol. The van der Waals surface area contributed by atoms with Crippen LogP contribution in [0.2, 0.25) is 5.02 Å². The Hall–Kier alpha value is -3.51. The fourth-order valence-electron chi connectivity index (χ4n) is 2.65. The lowest BCUT2D eigenvalue weighted by Gasteiger charge is -2.10. The molecule has 3 rings (SSSR count). The summed E-state index contributed by atoms with van der Waals surface area (Å²) in [7, 11) is 1.52. The van der Waals surface area contributed by atoms with Crippen LogP contribution in [0, 0.1) is 0 Å². The Kier molecular flexibility index (Phi) is 7.29. The van der Waals surface area contributed by atoms with E-state index in [1.807, 2.05) is 30.3 Å². The van der Waals surface area contributed by atoms with Gasteiger partial charge in [0, 0.05) is 17.8 Å². The molecule has 0 saturated carbocycles. The maximum absolute atomic E-state index is 12.4. The predicted molar refractivity (Wildman–Crippen MR) is 116 cm³/mol. The molecule has 0 fully saturated rings. The van der Waals surface area contributed by atoms with Crippen LogP contribution in [0.3, 0.4) is 0 Å². The van der Waals surface area contributed by atoms with E-state index in [2.05, 4.69) is 10.6 Å². The van der Waals surface area contributed by atoms with E-state index in [0.717, 1.165) is 5.56 Å². The predicted octanol–water partition coefficient (Wildman–Crippen LogP) is 4.30. The smallest absolute Gasteiger partial charge is 0.258 e. The molecule has 0 aromatic heterocycles. The van der Waals surface area contributed by atoms with Gasteiger partial charge in [-0.1, -0.05) is 41.9 Å². The van der Waals surface area contributed by atoms with Crippen molar-refractivity contribution in [1.82, 2.24) is 5.32 Å². The highest BCUT2D eigenvalue weighted by atomic mass is 35.5. The molecule has 0 atom stereocenters. The van der Waals surface area contributed by atoms with Crippen molar-refractivity contribution in [3.05, 3.63) is 88.9 Å². The lowest BCUT2D eigenvalue weighted by molar-refractivity contribution is -0.123. The average Bonchev–Trinajstić information content (AvgIpc) is 2.77. The summed E-state index contributed by atoms with van der Waals surface area (Å²) in [5.74, 6) is 0.512. The van der Waals surface area contributed by atoms with Crippen molar-refractivity contribution in [1.29, 1.82) is 0 Å². The SMILES string of the molecule is COc1ccc(NC(=O)c2ccc(OCC(=O)NCc3ccccc3)cc2)cc1Cl. The minimum absolute atomic E-state index is 0.108. The number of nitrogens with one attached hydrogen (secondary N) is 2. The number of halogens is 1. The van der Waals surface area contributed by atoms with Gasteiger partial charge in [-0.05, 0) is 48.0 Å². The van der Waals surface area contributed by atoms with Gasteiger partial charge in [0.15, 0.2) is 6.61 Å². The molecular formula is C23H21ClN2O4. The molecule has 0 radical (unpaired) electrons. The van der Waals surface area contributed by atoms with E-state index in [9.17, 15) is 9.59 Å². The standard InChI is InChI=1S/C23H21ClN2O4/c1-29-21-12-9-18(13-20(21)24)26-23(28)17-7-10-19(11-8-17)30-15-22(27)25-14-16-5-3-2-4-6-16/h2-13H,14-15H2,1H3,(H,25,27)(H,26,28). The largest absolute Gasteiger partial charge is 0.495 e. The first-order chi connectivity index (χ1) is 14.5. The van der Waals surface area contributed by atoms with Crippen molar-refractivity contribution < 1.29 is 19.1 Å².